The van der Waals surface area contributed by atoms with Crippen LogP contribution in [0.15, 0.2) is 90.3 Å². The van der Waals surface area contributed by atoms with Crippen LogP contribution < -0.4 is 11.1 Å². The lowest BCUT2D eigenvalue weighted by molar-refractivity contribution is -0.115. The first-order valence-electron chi connectivity index (χ1n) is 10.6. The molecule has 0 aliphatic carbocycles. The number of H-pyrrole nitrogens is 1. The lowest BCUT2D eigenvalue weighted by atomic mass is 9.90. The van der Waals surface area contributed by atoms with E-state index in [1.165, 1.54) is 0 Å². The van der Waals surface area contributed by atoms with E-state index in [1.807, 2.05) is 60.7 Å². The Labute approximate surface area is 186 Å². The normalized spacial score (nSPS) is 15.5. The van der Waals surface area contributed by atoms with Crippen LogP contribution in [0.25, 0.3) is 11.3 Å². The zero-order valence-corrected chi connectivity index (χ0v) is 17.5. The molecule has 0 radical (unpaired) electrons. The summed E-state index contributed by atoms with van der Waals surface area (Å²) in [7, 11) is 0. The predicted molar refractivity (Wildman–Crippen MR) is 127 cm³/mol. The van der Waals surface area contributed by atoms with Crippen LogP contribution in [0.2, 0.25) is 0 Å². The van der Waals surface area contributed by atoms with Gasteiger partial charge in [-0.3, -0.25) is 9.79 Å². The van der Waals surface area contributed by atoms with Gasteiger partial charge in [-0.1, -0.05) is 54.6 Å². The fraction of sp³-hybridized carbons (Fsp3) is 0.115. The molecule has 5 rings (SSSR count). The first kappa shape index (κ1) is 19.9. The quantitative estimate of drug-likeness (QED) is 0.402. The van der Waals surface area contributed by atoms with Crippen molar-refractivity contribution in [1.29, 1.82) is 0 Å². The lowest BCUT2D eigenvalue weighted by Crippen LogP contribution is -2.22. The van der Waals surface area contributed by atoms with Gasteiger partial charge in [0, 0.05) is 5.69 Å². The number of nitrogens with two attached hydrogens (primary N) is 1. The Morgan fingerprint density at radius 2 is 1.78 bits per heavy atom. The highest BCUT2D eigenvalue weighted by Crippen LogP contribution is 2.36. The molecule has 3 aromatic carbocycles. The number of imidazole rings is 1. The Balaban J connectivity index is 1.57. The van der Waals surface area contributed by atoms with Crippen molar-refractivity contribution >= 4 is 23.0 Å². The van der Waals surface area contributed by atoms with Crippen LogP contribution in [0.3, 0.4) is 0 Å². The van der Waals surface area contributed by atoms with E-state index in [4.69, 9.17) is 10.7 Å². The molecular weight excluding hydrogens is 398 g/mol. The van der Waals surface area contributed by atoms with Crippen LogP contribution in [-0.2, 0) is 11.2 Å². The molecule has 1 aliphatic rings. The zero-order valence-electron chi connectivity index (χ0n) is 17.5. The molecule has 1 aliphatic heterocycles. The number of aliphatic imine (C=N–C) groups is 1. The van der Waals surface area contributed by atoms with Gasteiger partial charge in [-0.2, -0.15) is 0 Å². The molecule has 0 saturated carbocycles. The number of carbonyl (C=O) groups is 1. The number of nitrogens with one attached hydrogen (secondary N) is 2. The van der Waals surface area contributed by atoms with Gasteiger partial charge in [0.2, 0.25) is 5.91 Å². The lowest BCUT2D eigenvalue weighted by Gasteiger charge is -2.14. The SMILES string of the molecule is NCCc1ccc(C(=Nc2ccc(-c3cnc[nH]3)cc2)C2C(=O)Nc3ccccc32)cc1. The fourth-order valence-electron chi connectivity index (χ4n) is 4.05. The number of fused-ring (bicyclic) bond motifs is 1. The van der Waals surface area contributed by atoms with Crippen molar-refractivity contribution in [3.63, 3.8) is 0 Å². The highest BCUT2D eigenvalue weighted by Gasteiger charge is 2.35. The number of anilines is 1. The number of hydrogen-bond acceptors (Lipinski definition) is 4. The fourth-order valence-corrected chi connectivity index (χ4v) is 4.05. The van der Waals surface area contributed by atoms with E-state index in [0.29, 0.717) is 6.54 Å². The molecule has 0 fully saturated rings. The predicted octanol–water partition coefficient (Wildman–Crippen LogP) is 4.43. The van der Waals surface area contributed by atoms with Crippen LogP contribution in [0, 0.1) is 0 Å². The van der Waals surface area contributed by atoms with Gasteiger partial charge < -0.3 is 16.0 Å². The van der Waals surface area contributed by atoms with Gasteiger partial charge in [-0.05, 0) is 53.4 Å². The van der Waals surface area contributed by atoms with Gasteiger partial charge in [-0.15, -0.1) is 0 Å². The maximum absolute atomic E-state index is 13.0. The number of benzene rings is 3. The summed E-state index contributed by atoms with van der Waals surface area (Å²) in [6.45, 7) is 0.599. The Kier molecular flexibility index (Phi) is 5.35. The molecule has 2 heterocycles. The molecule has 1 atom stereocenters. The van der Waals surface area contributed by atoms with E-state index in [1.54, 1.807) is 12.5 Å². The van der Waals surface area contributed by atoms with Gasteiger partial charge in [-0.25, -0.2) is 4.98 Å². The number of aromatic nitrogens is 2. The number of carbonyl (C=O) groups excluding carboxylic acids is 1. The Morgan fingerprint density at radius 3 is 2.50 bits per heavy atom. The van der Waals surface area contributed by atoms with Crippen molar-refractivity contribution < 1.29 is 4.79 Å². The molecule has 4 N–H and O–H groups in total. The second kappa shape index (κ2) is 8.61. The third-order valence-corrected chi connectivity index (χ3v) is 5.67. The molecular formula is C26H23N5O. The standard InChI is InChI=1S/C26H23N5O/c27-14-13-17-5-7-19(8-6-17)25(24-21-3-1-2-4-22(21)31-26(24)32)30-20-11-9-18(10-12-20)23-15-28-16-29-23/h1-12,15-16,24H,13-14,27H2,(H,28,29)(H,31,32). The molecule has 0 saturated heterocycles. The molecule has 6 heteroatoms. The zero-order chi connectivity index (χ0) is 21.9. The summed E-state index contributed by atoms with van der Waals surface area (Å²) in [4.78, 5) is 25.1. The largest absolute Gasteiger partial charge is 0.345 e. The number of amides is 1. The summed E-state index contributed by atoms with van der Waals surface area (Å²) in [5.41, 5.74) is 13.0. The third kappa shape index (κ3) is 3.84. The van der Waals surface area contributed by atoms with Crippen molar-refractivity contribution in [1.82, 2.24) is 9.97 Å². The molecule has 1 aromatic heterocycles. The highest BCUT2D eigenvalue weighted by atomic mass is 16.2. The summed E-state index contributed by atoms with van der Waals surface area (Å²) in [5.74, 6) is -0.538. The number of para-hydroxylation sites is 1. The monoisotopic (exact) mass is 421 g/mol. The third-order valence-electron chi connectivity index (χ3n) is 5.67. The molecule has 1 unspecified atom stereocenters. The molecule has 1 amide bonds. The van der Waals surface area contributed by atoms with Crippen molar-refractivity contribution in [3.8, 4) is 11.3 Å². The van der Waals surface area contributed by atoms with Gasteiger partial charge in [0.15, 0.2) is 0 Å². The first-order chi connectivity index (χ1) is 15.7. The maximum atomic E-state index is 13.0. The minimum Gasteiger partial charge on any atom is -0.345 e. The number of aromatic amines is 1. The first-order valence-corrected chi connectivity index (χ1v) is 10.6. The maximum Gasteiger partial charge on any atom is 0.238 e. The highest BCUT2D eigenvalue weighted by molar-refractivity contribution is 6.24. The summed E-state index contributed by atoms with van der Waals surface area (Å²) in [6.07, 6.45) is 4.25. The molecule has 0 spiro atoms. The second-order valence-corrected chi connectivity index (χ2v) is 7.75. The Morgan fingerprint density at radius 1 is 1.00 bits per heavy atom. The average Bonchev–Trinajstić information content (AvgIpc) is 3.47. The molecule has 32 heavy (non-hydrogen) atoms. The van der Waals surface area contributed by atoms with Crippen molar-refractivity contribution in [2.24, 2.45) is 10.7 Å². The summed E-state index contributed by atoms with van der Waals surface area (Å²) < 4.78 is 0. The van der Waals surface area contributed by atoms with E-state index in [0.717, 1.165) is 51.5 Å². The van der Waals surface area contributed by atoms with Crippen molar-refractivity contribution in [3.05, 3.63) is 102 Å². The van der Waals surface area contributed by atoms with Crippen LogP contribution in [0.5, 0.6) is 0 Å². The van der Waals surface area contributed by atoms with Crippen LogP contribution in [0.4, 0.5) is 11.4 Å². The van der Waals surface area contributed by atoms with E-state index >= 15 is 0 Å². The van der Waals surface area contributed by atoms with E-state index in [9.17, 15) is 4.79 Å². The molecule has 6 nitrogen and oxygen atoms in total. The summed E-state index contributed by atoms with van der Waals surface area (Å²) >= 11 is 0. The molecule has 0 bridgehead atoms. The van der Waals surface area contributed by atoms with Crippen molar-refractivity contribution in [2.75, 3.05) is 11.9 Å². The van der Waals surface area contributed by atoms with Gasteiger partial charge in [0.1, 0.15) is 5.92 Å². The summed E-state index contributed by atoms with van der Waals surface area (Å²) in [6, 6.07) is 23.8. The second-order valence-electron chi connectivity index (χ2n) is 7.75. The van der Waals surface area contributed by atoms with E-state index < -0.39 is 5.92 Å². The van der Waals surface area contributed by atoms with Crippen LogP contribution in [-0.4, -0.2) is 28.1 Å². The smallest absolute Gasteiger partial charge is 0.238 e. The van der Waals surface area contributed by atoms with Crippen LogP contribution >= 0.6 is 0 Å². The van der Waals surface area contributed by atoms with Gasteiger partial charge in [0.25, 0.3) is 0 Å². The Hall–Kier alpha value is -4.03. The van der Waals surface area contributed by atoms with E-state index in [2.05, 4.69) is 27.4 Å². The van der Waals surface area contributed by atoms with Gasteiger partial charge in [0.05, 0.1) is 29.6 Å². The average molecular weight is 422 g/mol. The Bertz CT molecular complexity index is 1260. The molecule has 4 aromatic rings. The van der Waals surface area contributed by atoms with Gasteiger partial charge >= 0.3 is 0 Å². The van der Waals surface area contributed by atoms with E-state index in [-0.39, 0.29) is 5.91 Å². The topological polar surface area (TPSA) is 96.2 Å². The number of nitrogens with zero attached hydrogens (tertiary/aromatic N) is 2. The minimum atomic E-state index is -0.473. The molecule has 158 valence electrons. The number of rotatable bonds is 6. The van der Waals surface area contributed by atoms with Crippen LogP contribution in [0.1, 0.15) is 22.6 Å². The number of hydrogen-bond donors (Lipinski definition) is 3. The summed E-state index contributed by atoms with van der Waals surface area (Å²) in [5, 5.41) is 3.00. The minimum absolute atomic E-state index is 0.0648. The van der Waals surface area contributed by atoms with Crippen molar-refractivity contribution in [2.45, 2.75) is 12.3 Å².